The molecule has 0 saturated heterocycles. The second kappa shape index (κ2) is 5.01. The highest BCUT2D eigenvalue weighted by Gasteiger charge is 2.13. The van der Waals surface area contributed by atoms with Crippen molar-refractivity contribution in [3.8, 4) is 5.88 Å². The quantitative estimate of drug-likeness (QED) is 0.691. The van der Waals surface area contributed by atoms with Crippen molar-refractivity contribution in [3.05, 3.63) is 40.8 Å². The molecule has 100 valence electrons. The molecule has 0 aliphatic heterocycles. The lowest BCUT2D eigenvalue weighted by Gasteiger charge is -1.97. The van der Waals surface area contributed by atoms with Crippen LogP contribution in [0, 0.1) is 6.92 Å². The molecule has 2 aromatic heterocycles. The fraction of sp³-hybridized carbons (Fsp3) is 0.0769. The first-order chi connectivity index (χ1) is 9.65. The predicted octanol–water partition coefficient (Wildman–Crippen LogP) is 4.15. The monoisotopic (exact) mass is 331 g/mol. The molecule has 3 aromatic rings. The van der Waals surface area contributed by atoms with Crippen LogP contribution >= 0.6 is 15.9 Å². The zero-order valence-corrected chi connectivity index (χ0v) is 12.1. The van der Waals surface area contributed by atoms with Gasteiger partial charge in [-0.25, -0.2) is 4.98 Å². The van der Waals surface area contributed by atoms with Crippen LogP contribution in [0.15, 0.2) is 45.4 Å². The van der Waals surface area contributed by atoms with Crippen molar-refractivity contribution < 1.29 is 5.11 Å². The van der Waals surface area contributed by atoms with Crippen molar-refractivity contribution in [2.24, 2.45) is 10.2 Å². The summed E-state index contributed by atoms with van der Waals surface area (Å²) in [7, 11) is 0. The number of aromatic amines is 1. The Morgan fingerprint density at radius 2 is 2.10 bits per heavy atom. The molecule has 0 amide bonds. The third kappa shape index (κ3) is 2.27. The molecule has 6 nitrogen and oxygen atoms in total. The standard InChI is InChI=1S/C13H10BrN5O/c1-7-4-8(14)5-9-11(7)17-13(20)12(9)19-18-10-6-15-2-3-16-10/h2-6,17,20H,1H3. The first-order valence-corrected chi connectivity index (χ1v) is 6.63. The van der Waals surface area contributed by atoms with E-state index in [-0.39, 0.29) is 5.88 Å². The van der Waals surface area contributed by atoms with E-state index in [0.717, 1.165) is 20.9 Å². The zero-order valence-electron chi connectivity index (χ0n) is 10.5. The van der Waals surface area contributed by atoms with Crippen LogP contribution in [0.25, 0.3) is 10.9 Å². The first kappa shape index (κ1) is 12.7. The molecule has 0 atom stereocenters. The van der Waals surface area contributed by atoms with Crippen molar-refractivity contribution in [2.75, 3.05) is 0 Å². The van der Waals surface area contributed by atoms with Gasteiger partial charge in [0.15, 0.2) is 11.5 Å². The van der Waals surface area contributed by atoms with Crippen molar-refractivity contribution in [2.45, 2.75) is 6.92 Å². The van der Waals surface area contributed by atoms with Crippen LogP contribution < -0.4 is 0 Å². The van der Waals surface area contributed by atoms with E-state index in [1.807, 2.05) is 19.1 Å². The van der Waals surface area contributed by atoms with Crippen molar-refractivity contribution >= 4 is 38.3 Å². The number of aromatic nitrogens is 3. The van der Waals surface area contributed by atoms with Crippen molar-refractivity contribution in [1.82, 2.24) is 15.0 Å². The second-order valence-corrected chi connectivity index (χ2v) is 5.15. The van der Waals surface area contributed by atoms with Crippen LogP contribution in [-0.2, 0) is 0 Å². The van der Waals surface area contributed by atoms with Crippen LogP contribution in [0.4, 0.5) is 11.5 Å². The molecule has 0 aliphatic carbocycles. The van der Waals surface area contributed by atoms with Gasteiger partial charge in [-0.05, 0) is 24.6 Å². The van der Waals surface area contributed by atoms with Gasteiger partial charge in [-0.15, -0.1) is 10.2 Å². The van der Waals surface area contributed by atoms with Gasteiger partial charge < -0.3 is 10.1 Å². The normalized spacial score (nSPS) is 11.5. The maximum atomic E-state index is 9.97. The van der Waals surface area contributed by atoms with Gasteiger partial charge in [0, 0.05) is 22.3 Å². The minimum Gasteiger partial charge on any atom is -0.493 e. The topological polar surface area (TPSA) is 86.5 Å². The van der Waals surface area contributed by atoms with Gasteiger partial charge in [-0.1, -0.05) is 15.9 Å². The summed E-state index contributed by atoms with van der Waals surface area (Å²) in [6, 6.07) is 3.84. The number of aromatic hydroxyl groups is 1. The SMILES string of the molecule is Cc1cc(Br)cc2c(N=Nc3cnccn3)c(O)[nH]c12. The third-order valence-corrected chi connectivity index (χ3v) is 3.28. The Morgan fingerprint density at radius 3 is 2.85 bits per heavy atom. The first-order valence-electron chi connectivity index (χ1n) is 5.83. The molecule has 2 heterocycles. The minimum atomic E-state index is -0.0196. The molecule has 3 rings (SSSR count). The molecule has 1 aromatic carbocycles. The highest BCUT2D eigenvalue weighted by atomic mass is 79.9. The number of rotatable bonds is 2. The summed E-state index contributed by atoms with van der Waals surface area (Å²) in [4.78, 5) is 10.8. The van der Waals surface area contributed by atoms with Gasteiger partial charge in [0.25, 0.3) is 0 Å². The molecule has 0 bridgehead atoms. The lowest BCUT2D eigenvalue weighted by molar-refractivity contribution is 0.459. The molecule has 0 saturated carbocycles. The average molecular weight is 332 g/mol. The van der Waals surface area contributed by atoms with Gasteiger partial charge in [0.05, 0.1) is 11.7 Å². The van der Waals surface area contributed by atoms with Gasteiger partial charge >= 0.3 is 0 Å². The van der Waals surface area contributed by atoms with Crippen molar-refractivity contribution in [1.29, 1.82) is 0 Å². The Bertz CT molecular complexity index is 797. The van der Waals surface area contributed by atoms with E-state index in [2.05, 4.69) is 41.1 Å². The number of H-pyrrole nitrogens is 1. The number of fused-ring (bicyclic) bond motifs is 1. The molecule has 0 radical (unpaired) electrons. The molecule has 0 aliphatic rings. The minimum absolute atomic E-state index is 0.0196. The summed E-state index contributed by atoms with van der Waals surface area (Å²) in [6.45, 7) is 1.95. The van der Waals surface area contributed by atoms with Crippen LogP contribution in [-0.4, -0.2) is 20.1 Å². The second-order valence-electron chi connectivity index (χ2n) is 4.23. The van der Waals surface area contributed by atoms with E-state index in [4.69, 9.17) is 0 Å². The van der Waals surface area contributed by atoms with E-state index >= 15 is 0 Å². The number of nitrogens with one attached hydrogen (secondary N) is 1. The number of halogens is 1. The molecule has 0 fully saturated rings. The molecule has 0 spiro atoms. The highest BCUT2D eigenvalue weighted by molar-refractivity contribution is 9.10. The Kier molecular flexibility index (Phi) is 3.19. The Hall–Kier alpha value is -2.28. The Morgan fingerprint density at radius 1 is 1.25 bits per heavy atom. The van der Waals surface area contributed by atoms with Gasteiger partial charge in [0.1, 0.15) is 0 Å². The highest BCUT2D eigenvalue weighted by Crippen LogP contribution is 2.38. The Labute approximate surface area is 122 Å². The number of hydrogen-bond donors (Lipinski definition) is 2. The van der Waals surface area contributed by atoms with E-state index in [9.17, 15) is 5.11 Å². The van der Waals surface area contributed by atoms with Crippen LogP contribution in [0.2, 0.25) is 0 Å². The fourth-order valence-corrected chi connectivity index (χ4v) is 2.52. The van der Waals surface area contributed by atoms with Crippen molar-refractivity contribution in [3.63, 3.8) is 0 Å². The smallest absolute Gasteiger partial charge is 0.218 e. The lowest BCUT2D eigenvalue weighted by atomic mass is 10.1. The summed E-state index contributed by atoms with van der Waals surface area (Å²) in [6.07, 6.45) is 4.59. The van der Waals surface area contributed by atoms with Gasteiger partial charge in [-0.3, -0.25) is 4.98 Å². The lowest BCUT2D eigenvalue weighted by Crippen LogP contribution is -1.76. The van der Waals surface area contributed by atoms with Gasteiger partial charge in [-0.2, -0.15) is 0 Å². The average Bonchev–Trinajstić information content (AvgIpc) is 2.74. The number of azo groups is 1. The molecular weight excluding hydrogens is 322 g/mol. The fourth-order valence-electron chi connectivity index (χ4n) is 1.95. The summed E-state index contributed by atoms with van der Waals surface area (Å²) in [5.41, 5.74) is 2.22. The summed E-state index contributed by atoms with van der Waals surface area (Å²) >= 11 is 3.43. The predicted molar refractivity (Wildman–Crippen MR) is 78.6 cm³/mol. The zero-order chi connectivity index (χ0) is 14.1. The maximum Gasteiger partial charge on any atom is 0.218 e. The molecule has 20 heavy (non-hydrogen) atoms. The molecular formula is C13H10BrN5O. The van der Waals surface area contributed by atoms with Gasteiger partial charge in [0.2, 0.25) is 5.88 Å². The molecule has 0 unspecified atom stereocenters. The third-order valence-electron chi connectivity index (χ3n) is 2.83. The molecule has 2 N–H and O–H groups in total. The van der Waals surface area contributed by atoms with E-state index < -0.39 is 0 Å². The number of hydrogen-bond acceptors (Lipinski definition) is 5. The number of nitrogens with zero attached hydrogens (tertiary/aromatic N) is 4. The van der Waals surface area contributed by atoms with E-state index in [1.165, 1.54) is 12.4 Å². The maximum absolute atomic E-state index is 9.97. The number of aryl methyl sites for hydroxylation is 1. The van der Waals surface area contributed by atoms with E-state index in [0.29, 0.717) is 11.5 Å². The van der Waals surface area contributed by atoms with E-state index in [1.54, 1.807) is 6.20 Å². The van der Waals surface area contributed by atoms with Crippen LogP contribution in [0.5, 0.6) is 5.88 Å². The Balaban J connectivity index is 2.12. The largest absolute Gasteiger partial charge is 0.493 e. The van der Waals surface area contributed by atoms with Crippen LogP contribution in [0.1, 0.15) is 5.56 Å². The summed E-state index contributed by atoms with van der Waals surface area (Å²) in [5, 5.41) is 18.8. The number of benzene rings is 1. The van der Waals surface area contributed by atoms with Crippen LogP contribution in [0.3, 0.4) is 0 Å². The summed E-state index contributed by atoms with van der Waals surface area (Å²) < 4.78 is 0.914. The molecule has 7 heteroatoms. The summed E-state index contributed by atoms with van der Waals surface area (Å²) in [5.74, 6) is 0.363.